The molecule has 0 aliphatic rings. The molecule has 0 aliphatic carbocycles. The minimum absolute atomic E-state index is 0.0237. The molecule has 1 aromatic heterocycles. The van der Waals surface area contributed by atoms with Gasteiger partial charge in [-0.15, -0.1) is 0 Å². The number of nitrogens with zero attached hydrogens (tertiary/aromatic N) is 1. The van der Waals surface area contributed by atoms with Gasteiger partial charge in [0.1, 0.15) is 12.6 Å². The third-order valence-electron chi connectivity index (χ3n) is 3.36. The molecule has 0 radical (unpaired) electrons. The molecule has 0 fully saturated rings. The van der Waals surface area contributed by atoms with Crippen LogP contribution in [-0.4, -0.2) is 28.2 Å². The van der Waals surface area contributed by atoms with E-state index in [0.29, 0.717) is 11.8 Å². The SMILES string of the molecule is O=C(NC(Cc1cncc(C(F)(F)F)c1)C(=O)O)OCc1ccccc1. The molecule has 0 bridgehead atoms. The molecule has 2 rings (SSSR count). The predicted molar refractivity (Wildman–Crippen MR) is 84.1 cm³/mol. The average Bonchev–Trinajstić information content (AvgIpc) is 2.60. The van der Waals surface area contributed by atoms with Crippen LogP contribution in [0.5, 0.6) is 0 Å². The summed E-state index contributed by atoms with van der Waals surface area (Å²) in [5, 5.41) is 11.3. The Morgan fingerprint density at radius 2 is 1.85 bits per heavy atom. The minimum atomic E-state index is -4.59. The van der Waals surface area contributed by atoms with E-state index in [1.165, 1.54) is 0 Å². The predicted octanol–water partition coefficient (Wildman–Crippen LogP) is 3.02. The van der Waals surface area contributed by atoms with Gasteiger partial charge in [-0.25, -0.2) is 9.59 Å². The van der Waals surface area contributed by atoms with Crippen molar-refractivity contribution < 1.29 is 32.6 Å². The van der Waals surface area contributed by atoms with E-state index in [1.807, 2.05) is 0 Å². The van der Waals surface area contributed by atoms with E-state index in [2.05, 4.69) is 10.3 Å². The maximum atomic E-state index is 12.7. The third kappa shape index (κ3) is 5.76. The summed E-state index contributed by atoms with van der Waals surface area (Å²) in [5.41, 5.74) is -0.266. The van der Waals surface area contributed by atoms with Gasteiger partial charge in [-0.3, -0.25) is 4.98 Å². The quantitative estimate of drug-likeness (QED) is 0.818. The molecule has 9 heteroatoms. The molecule has 0 saturated heterocycles. The summed E-state index contributed by atoms with van der Waals surface area (Å²) < 4.78 is 43.0. The fourth-order valence-corrected chi connectivity index (χ4v) is 2.10. The van der Waals surface area contributed by atoms with Crippen molar-refractivity contribution in [2.24, 2.45) is 0 Å². The van der Waals surface area contributed by atoms with Gasteiger partial charge in [-0.2, -0.15) is 13.2 Å². The van der Waals surface area contributed by atoms with Gasteiger partial charge in [-0.1, -0.05) is 30.3 Å². The van der Waals surface area contributed by atoms with Crippen molar-refractivity contribution in [3.05, 3.63) is 65.5 Å². The van der Waals surface area contributed by atoms with Crippen LogP contribution in [0.1, 0.15) is 16.7 Å². The number of alkyl carbamates (subject to hydrolysis) is 1. The maximum Gasteiger partial charge on any atom is 0.417 e. The largest absolute Gasteiger partial charge is 0.480 e. The summed E-state index contributed by atoms with van der Waals surface area (Å²) in [5.74, 6) is -1.40. The van der Waals surface area contributed by atoms with Crippen LogP contribution in [0, 0.1) is 0 Å². The summed E-state index contributed by atoms with van der Waals surface area (Å²) in [6.07, 6.45) is -4.19. The highest BCUT2D eigenvalue weighted by molar-refractivity contribution is 5.80. The summed E-state index contributed by atoms with van der Waals surface area (Å²) in [4.78, 5) is 26.5. The lowest BCUT2D eigenvalue weighted by Crippen LogP contribution is -2.42. The summed E-state index contributed by atoms with van der Waals surface area (Å²) in [6, 6.07) is 8.05. The maximum absolute atomic E-state index is 12.7. The fraction of sp³-hybridized carbons (Fsp3) is 0.235. The van der Waals surface area contributed by atoms with Crippen molar-refractivity contribution in [1.82, 2.24) is 10.3 Å². The van der Waals surface area contributed by atoms with Gasteiger partial charge < -0.3 is 15.2 Å². The van der Waals surface area contributed by atoms with Crippen LogP contribution in [0.3, 0.4) is 0 Å². The van der Waals surface area contributed by atoms with E-state index >= 15 is 0 Å². The van der Waals surface area contributed by atoms with Gasteiger partial charge in [0.15, 0.2) is 0 Å². The highest BCUT2D eigenvalue weighted by Crippen LogP contribution is 2.29. The van der Waals surface area contributed by atoms with Crippen molar-refractivity contribution >= 4 is 12.1 Å². The monoisotopic (exact) mass is 368 g/mol. The average molecular weight is 368 g/mol. The molecule has 6 nitrogen and oxygen atoms in total. The second kappa shape index (κ2) is 8.32. The number of benzene rings is 1. The zero-order valence-corrected chi connectivity index (χ0v) is 13.4. The number of carboxylic acids is 1. The molecule has 138 valence electrons. The van der Waals surface area contributed by atoms with Crippen molar-refractivity contribution in [1.29, 1.82) is 0 Å². The summed E-state index contributed by atoms with van der Waals surface area (Å²) in [7, 11) is 0. The number of hydrogen-bond acceptors (Lipinski definition) is 4. The van der Waals surface area contributed by atoms with E-state index in [-0.39, 0.29) is 18.6 Å². The molecular formula is C17H15F3N2O4. The van der Waals surface area contributed by atoms with E-state index in [9.17, 15) is 27.9 Å². The Balaban J connectivity index is 1.98. The Morgan fingerprint density at radius 3 is 2.46 bits per heavy atom. The van der Waals surface area contributed by atoms with Gasteiger partial charge in [0.25, 0.3) is 0 Å². The van der Waals surface area contributed by atoms with E-state index < -0.39 is 29.8 Å². The van der Waals surface area contributed by atoms with Gasteiger partial charge in [0, 0.05) is 18.8 Å². The van der Waals surface area contributed by atoms with Gasteiger partial charge in [-0.05, 0) is 17.2 Å². The first-order chi connectivity index (χ1) is 12.3. The Morgan fingerprint density at radius 1 is 1.15 bits per heavy atom. The molecule has 0 saturated carbocycles. The van der Waals surface area contributed by atoms with E-state index in [4.69, 9.17) is 4.74 Å². The highest BCUT2D eigenvalue weighted by atomic mass is 19.4. The lowest BCUT2D eigenvalue weighted by molar-refractivity contribution is -0.139. The van der Waals surface area contributed by atoms with Crippen LogP contribution in [0.15, 0.2) is 48.8 Å². The van der Waals surface area contributed by atoms with Crippen LogP contribution < -0.4 is 5.32 Å². The number of ether oxygens (including phenoxy) is 1. The van der Waals surface area contributed by atoms with E-state index in [1.54, 1.807) is 30.3 Å². The zero-order chi connectivity index (χ0) is 19.2. The lowest BCUT2D eigenvalue weighted by Gasteiger charge is -2.15. The number of amides is 1. The molecule has 26 heavy (non-hydrogen) atoms. The number of aromatic nitrogens is 1. The summed E-state index contributed by atoms with van der Waals surface area (Å²) in [6.45, 7) is -0.0654. The first-order valence-electron chi connectivity index (χ1n) is 7.47. The first kappa shape index (κ1) is 19.2. The lowest BCUT2D eigenvalue weighted by atomic mass is 10.1. The Hall–Kier alpha value is -3.10. The molecule has 1 amide bonds. The van der Waals surface area contributed by atoms with Crippen molar-refractivity contribution in [3.63, 3.8) is 0 Å². The molecule has 1 unspecified atom stereocenters. The van der Waals surface area contributed by atoms with Crippen molar-refractivity contribution in [2.75, 3.05) is 0 Å². The number of halogens is 3. The zero-order valence-electron chi connectivity index (χ0n) is 13.4. The van der Waals surface area contributed by atoms with Crippen LogP contribution in [0.25, 0.3) is 0 Å². The number of carbonyl (C=O) groups is 2. The van der Waals surface area contributed by atoms with Gasteiger partial charge in [0.05, 0.1) is 5.56 Å². The number of carbonyl (C=O) groups excluding carboxylic acids is 1. The smallest absolute Gasteiger partial charge is 0.417 e. The number of alkyl halides is 3. The molecule has 2 N–H and O–H groups in total. The molecule has 2 aromatic rings. The molecule has 1 atom stereocenters. The number of pyridine rings is 1. The second-order valence-corrected chi connectivity index (χ2v) is 5.38. The topological polar surface area (TPSA) is 88.5 Å². The number of hydrogen-bond donors (Lipinski definition) is 2. The summed E-state index contributed by atoms with van der Waals surface area (Å²) >= 11 is 0. The van der Waals surface area contributed by atoms with Crippen LogP contribution in [0.2, 0.25) is 0 Å². The molecule has 1 aromatic carbocycles. The second-order valence-electron chi connectivity index (χ2n) is 5.38. The number of aliphatic carboxylic acids is 1. The Labute approximate surface area is 146 Å². The standard InChI is InChI=1S/C17H15F3N2O4/c18-17(19,20)13-6-12(8-21-9-13)7-14(15(23)24)22-16(25)26-10-11-4-2-1-3-5-11/h1-6,8-9,14H,7,10H2,(H,22,25)(H,23,24). The van der Waals surface area contributed by atoms with E-state index in [0.717, 1.165) is 12.3 Å². The van der Waals surface area contributed by atoms with Gasteiger partial charge >= 0.3 is 18.2 Å². The molecule has 0 aliphatic heterocycles. The minimum Gasteiger partial charge on any atom is -0.480 e. The third-order valence-corrected chi connectivity index (χ3v) is 3.36. The van der Waals surface area contributed by atoms with Crippen LogP contribution in [0.4, 0.5) is 18.0 Å². The molecular weight excluding hydrogens is 353 g/mol. The molecule has 1 heterocycles. The normalized spacial score (nSPS) is 12.3. The van der Waals surface area contributed by atoms with Crippen molar-refractivity contribution in [3.8, 4) is 0 Å². The Kier molecular flexibility index (Phi) is 6.16. The number of carboxylic acid groups (broad SMARTS) is 1. The number of nitrogens with one attached hydrogen (secondary N) is 1. The van der Waals surface area contributed by atoms with Crippen LogP contribution in [-0.2, 0) is 28.7 Å². The van der Waals surface area contributed by atoms with Gasteiger partial charge in [0.2, 0.25) is 0 Å². The fourth-order valence-electron chi connectivity index (χ4n) is 2.10. The van der Waals surface area contributed by atoms with Crippen molar-refractivity contribution in [2.45, 2.75) is 25.2 Å². The Bertz CT molecular complexity index is 766. The molecule has 0 spiro atoms. The first-order valence-corrected chi connectivity index (χ1v) is 7.47. The highest BCUT2D eigenvalue weighted by Gasteiger charge is 2.31. The van der Waals surface area contributed by atoms with Crippen LogP contribution >= 0.6 is 0 Å². The number of rotatable bonds is 6.